The van der Waals surface area contributed by atoms with Gasteiger partial charge in [-0.1, -0.05) is 12.8 Å². The molecule has 0 bridgehead atoms. The number of hydrogen-bond acceptors (Lipinski definition) is 5. The third-order valence-electron chi connectivity index (χ3n) is 4.49. The molecule has 2 rings (SSSR count). The van der Waals surface area contributed by atoms with Crippen LogP contribution in [0, 0.1) is 0 Å². The highest BCUT2D eigenvalue weighted by Crippen LogP contribution is 2.39. The van der Waals surface area contributed by atoms with E-state index < -0.39 is 6.10 Å². The molecule has 1 unspecified atom stereocenters. The Morgan fingerprint density at radius 3 is 2.48 bits per heavy atom. The van der Waals surface area contributed by atoms with Crippen LogP contribution in [-0.2, 0) is 11.3 Å². The number of nitrogens with zero attached hydrogens (tertiary/aromatic N) is 1. The summed E-state index contributed by atoms with van der Waals surface area (Å²) in [4.78, 5) is 14.2. The van der Waals surface area contributed by atoms with Gasteiger partial charge in [0.15, 0.2) is 0 Å². The van der Waals surface area contributed by atoms with Gasteiger partial charge in [0.25, 0.3) is 0 Å². The fraction of sp³-hybridized carbons (Fsp3) is 0.611. The molecule has 0 aromatic heterocycles. The molecule has 1 aromatic rings. The summed E-state index contributed by atoms with van der Waals surface area (Å²) in [6, 6.07) is 3.60. The molecule has 142 valence electrons. The summed E-state index contributed by atoms with van der Waals surface area (Å²) in [5, 5.41) is 10.5. The van der Waals surface area contributed by atoms with E-state index in [2.05, 4.69) is 0 Å². The van der Waals surface area contributed by atoms with Crippen molar-refractivity contribution in [1.82, 2.24) is 4.90 Å². The average molecular weight is 373 g/mol. The molecule has 0 radical (unpaired) electrons. The molecule has 0 saturated carbocycles. The van der Waals surface area contributed by atoms with E-state index in [0.717, 1.165) is 36.8 Å². The van der Waals surface area contributed by atoms with E-state index in [1.54, 1.807) is 25.2 Å². The van der Waals surface area contributed by atoms with Crippen LogP contribution in [0.1, 0.15) is 49.3 Å². The molecule has 1 amide bonds. The van der Waals surface area contributed by atoms with Crippen molar-refractivity contribution >= 4 is 18.3 Å². The van der Waals surface area contributed by atoms with Gasteiger partial charge in [-0.25, -0.2) is 0 Å². The lowest BCUT2D eigenvalue weighted by Gasteiger charge is -2.34. The smallest absolute Gasteiger partial charge is 0.222 e. The zero-order valence-electron chi connectivity index (χ0n) is 15.0. The number of hydrogen-bond donors (Lipinski definition) is 2. The topological polar surface area (TPSA) is 85.0 Å². The van der Waals surface area contributed by atoms with Crippen molar-refractivity contribution in [2.75, 3.05) is 27.3 Å². The van der Waals surface area contributed by atoms with E-state index in [1.165, 1.54) is 0 Å². The van der Waals surface area contributed by atoms with Crippen LogP contribution in [0.2, 0.25) is 0 Å². The summed E-state index contributed by atoms with van der Waals surface area (Å²) in [5.74, 6) is 1.37. The van der Waals surface area contributed by atoms with Crippen molar-refractivity contribution in [2.24, 2.45) is 5.73 Å². The van der Waals surface area contributed by atoms with Gasteiger partial charge in [-0.05, 0) is 31.5 Å². The van der Waals surface area contributed by atoms with Crippen LogP contribution in [0.3, 0.4) is 0 Å². The van der Waals surface area contributed by atoms with Crippen molar-refractivity contribution < 1.29 is 19.4 Å². The molecule has 0 spiro atoms. The van der Waals surface area contributed by atoms with Gasteiger partial charge in [-0.15, -0.1) is 12.4 Å². The molecule has 1 atom stereocenters. The minimum Gasteiger partial charge on any atom is -0.496 e. The van der Waals surface area contributed by atoms with Crippen molar-refractivity contribution in [3.05, 3.63) is 23.3 Å². The van der Waals surface area contributed by atoms with Gasteiger partial charge in [0.1, 0.15) is 17.6 Å². The number of carbonyl (C=O) groups excluding carboxylic acids is 1. The fourth-order valence-electron chi connectivity index (χ4n) is 3.20. The van der Waals surface area contributed by atoms with Crippen molar-refractivity contribution in [2.45, 2.75) is 44.8 Å². The number of rotatable bonds is 8. The number of carbonyl (C=O) groups is 1. The molecule has 25 heavy (non-hydrogen) atoms. The lowest BCUT2D eigenvalue weighted by Crippen LogP contribution is -2.38. The predicted octanol–water partition coefficient (Wildman–Crippen LogP) is 2.41. The van der Waals surface area contributed by atoms with Gasteiger partial charge in [-0.3, -0.25) is 4.79 Å². The number of aliphatic hydroxyl groups excluding tert-OH is 1. The second kappa shape index (κ2) is 10.5. The first kappa shape index (κ1) is 21.5. The first-order valence-electron chi connectivity index (χ1n) is 8.52. The summed E-state index contributed by atoms with van der Waals surface area (Å²) in [6.45, 7) is 1.43. The molecule has 0 fully saturated rings. The lowest BCUT2D eigenvalue weighted by molar-refractivity contribution is -0.134. The van der Waals surface area contributed by atoms with Gasteiger partial charge < -0.3 is 25.2 Å². The molecule has 3 N–H and O–H groups in total. The van der Waals surface area contributed by atoms with E-state index in [9.17, 15) is 9.90 Å². The van der Waals surface area contributed by atoms with E-state index >= 15 is 0 Å². The van der Waals surface area contributed by atoms with Crippen molar-refractivity contribution in [3.63, 3.8) is 0 Å². The van der Waals surface area contributed by atoms with Crippen LogP contribution < -0.4 is 15.2 Å². The van der Waals surface area contributed by atoms with Crippen LogP contribution in [-0.4, -0.2) is 43.2 Å². The summed E-state index contributed by atoms with van der Waals surface area (Å²) in [6.07, 6.45) is 3.65. The molecule has 7 heteroatoms. The van der Waals surface area contributed by atoms with Crippen LogP contribution in [0.4, 0.5) is 0 Å². The maximum Gasteiger partial charge on any atom is 0.222 e. The minimum absolute atomic E-state index is 0. The Hall–Kier alpha value is -1.50. The normalized spacial score (nSPS) is 16.0. The zero-order chi connectivity index (χ0) is 17.5. The maximum atomic E-state index is 12.5. The number of nitrogens with two attached hydrogens (primary N) is 1. The highest BCUT2D eigenvalue weighted by molar-refractivity contribution is 5.85. The Labute approximate surface area is 155 Å². The van der Waals surface area contributed by atoms with Crippen LogP contribution >= 0.6 is 12.4 Å². The molecule has 1 heterocycles. The molecule has 1 aliphatic heterocycles. The quantitative estimate of drug-likeness (QED) is 0.684. The van der Waals surface area contributed by atoms with Crippen LogP contribution in [0.15, 0.2) is 12.1 Å². The SMILES string of the molecule is COc1ccc(OC)c2c1CN(C(=O)CCCCCCN)CC2O.Cl. The third-order valence-corrected chi connectivity index (χ3v) is 4.49. The number of β-amino-alcohol motifs (C(OH)–C–C–N with tert-alkyl or cyclic N) is 1. The highest BCUT2D eigenvalue weighted by Gasteiger charge is 2.31. The van der Waals surface area contributed by atoms with Crippen LogP contribution in [0.25, 0.3) is 0 Å². The average Bonchev–Trinajstić information content (AvgIpc) is 2.60. The van der Waals surface area contributed by atoms with Gasteiger partial charge >= 0.3 is 0 Å². The lowest BCUT2D eigenvalue weighted by atomic mass is 9.95. The van der Waals surface area contributed by atoms with E-state index in [1.807, 2.05) is 6.07 Å². The minimum atomic E-state index is -0.764. The third kappa shape index (κ3) is 5.23. The number of ether oxygens (including phenoxy) is 2. The zero-order valence-corrected chi connectivity index (χ0v) is 15.8. The highest BCUT2D eigenvalue weighted by atomic mass is 35.5. The summed E-state index contributed by atoms with van der Waals surface area (Å²) >= 11 is 0. The summed E-state index contributed by atoms with van der Waals surface area (Å²) in [7, 11) is 3.17. The van der Waals surface area contributed by atoms with E-state index in [-0.39, 0.29) is 24.9 Å². The number of aliphatic hydroxyl groups is 1. The van der Waals surface area contributed by atoms with Gasteiger partial charge in [-0.2, -0.15) is 0 Å². The first-order valence-corrected chi connectivity index (χ1v) is 8.52. The monoisotopic (exact) mass is 372 g/mol. The van der Waals surface area contributed by atoms with Crippen LogP contribution in [0.5, 0.6) is 11.5 Å². The Morgan fingerprint density at radius 2 is 1.84 bits per heavy atom. The first-order chi connectivity index (χ1) is 11.6. The molecular weight excluding hydrogens is 344 g/mol. The van der Waals surface area contributed by atoms with E-state index in [4.69, 9.17) is 15.2 Å². The van der Waals surface area contributed by atoms with Gasteiger partial charge in [0.05, 0.1) is 20.8 Å². The Kier molecular flexibility index (Phi) is 9.03. The molecule has 0 aliphatic carbocycles. The summed E-state index contributed by atoms with van der Waals surface area (Å²) in [5.41, 5.74) is 7.03. The predicted molar refractivity (Wildman–Crippen MR) is 99.3 cm³/mol. The Bertz CT molecular complexity index is 568. The fourth-order valence-corrected chi connectivity index (χ4v) is 3.20. The standard InChI is InChI=1S/C18H28N2O4.ClH/c1-23-15-8-9-16(24-2)18-13(15)11-20(12-14(18)21)17(22)7-5-3-4-6-10-19;/h8-9,14,21H,3-7,10-12,19H2,1-2H3;1H. The maximum absolute atomic E-state index is 12.5. The van der Waals surface area contributed by atoms with Gasteiger partial charge in [0, 0.05) is 24.1 Å². The van der Waals surface area contributed by atoms with E-state index in [0.29, 0.717) is 31.0 Å². The Morgan fingerprint density at radius 1 is 1.20 bits per heavy atom. The van der Waals surface area contributed by atoms with Gasteiger partial charge in [0.2, 0.25) is 5.91 Å². The number of fused-ring (bicyclic) bond motifs is 1. The van der Waals surface area contributed by atoms with Crippen molar-refractivity contribution in [3.8, 4) is 11.5 Å². The Balaban J connectivity index is 0.00000312. The molecule has 6 nitrogen and oxygen atoms in total. The second-order valence-electron chi connectivity index (χ2n) is 6.11. The van der Waals surface area contributed by atoms with Crippen molar-refractivity contribution in [1.29, 1.82) is 0 Å². The molecule has 1 aliphatic rings. The molecular formula is C18H29ClN2O4. The summed E-state index contributed by atoms with van der Waals surface area (Å²) < 4.78 is 10.7. The number of unbranched alkanes of at least 4 members (excludes halogenated alkanes) is 3. The number of methoxy groups -OCH3 is 2. The largest absolute Gasteiger partial charge is 0.496 e. The number of benzene rings is 1. The molecule has 0 saturated heterocycles. The number of halogens is 1. The second-order valence-corrected chi connectivity index (χ2v) is 6.11. The molecule has 1 aromatic carbocycles. The number of amides is 1.